The maximum atomic E-state index is 11.7. The van der Waals surface area contributed by atoms with Crippen molar-refractivity contribution in [1.29, 1.82) is 0 Å². The molecular formula is C24H32O7. The minimum Gasteiger partial charge on any atom is -0.493 e. The standard InChI is InChI=1S/C24H32O7/c1-26-13-17-7-15-8-20(28-3)22(30-5)10-18(15)19-11-23(31-6)21(29-4)9-16(19)12-24(17,25)14-27-2/h8-11,17,25H,7,12-14H2,1-6H3/t17-,24+/m0/s1. The van der Waals surface area contributed by atoms with Crippen molar-refractivity contribution in [3.63, 3.8) is 0 Å². The fraction of sp³-hybridized carbons (Fsp3) is 0.500. The minimum absolute atomic E-state index is 0.178. The van der Waals surface area contributed by atoms with Gasteiger partial charge in [-0.2, -0.15) is 0 Å². The van der Waals surface area contributed by atoms with Crippen molar-refractivity contribution in [1.82, 2.24) is 0 Å². The summed E-state index contributed by atoms with van der Waals surface area (Å²) in [6.45, 7) is 0.563. The van der Waals surface area contributed by atoms with Crippen molar-refractivity contribution in [2.75, 3.05) is 55.9 Å². The van der Waals surface area contributed by atoms with Crippen LogP contribution in [0.25, 0.3) is 11.1 Å². The first-order valence-corrected chi connectivity index (χ1v) is 10.1. The number of benzene rings is 2. The topological polar surface area (TPSA) is 75.6 Å². The quantitative estimate of drug-likeness (QED) is 0.687. The van der Waals surface area contributed by atoms with Gasteiger partial charge in [-0.1, -0.05) is 0 Å². The van der Waals surface area contributed by atoms with E-state index in [1.54, 1.807) is 42.7 Å². The fourth-order valence-electron chi connectivity index (χ4n) is 4.42. The Bertz CT molecular complexity index is 911. The molecule has 2 atom stereocenters. The molecule has 0 aromatic heterocycles. The highest BCUT2D eigenvalue weighted by molar-refractivity contribution is 5.77. The zero-order chi connectivity index (χ0) is 22.6. The van der Waals surface area contributed by atoms with Gasteiger partial charge in [0, 0.05) is 26.6 Å². The van der Waals surface area contributed by atoms with Crippen LogP contribution in [0.5, 0.6) is 23.0 Å². The summed E-state index contributed by atoms with van der Waals surface area (Å²) < 4.78 is 33.1. The molecule has 1 aliphatic carbocycles. The highest BCUT2D eigenvalue weighted by Crippen LogP contribution is 2.45. The first-order chi connectivity index (χ1) is 14.9. The van der Waals surface area contributed by atoms with Gasteiger partial charge in [-0.15, -0.1) is 0 Å². The van der Waals surface area contributed by atoms with Gasteiger partial charge >= 0.3 is 0 Å². The Morgan fingerprint density at radius 2 is 1.23 bits per heavy atom. The van der Waals surface area contributed by atoms with Crippen LogP contribution in [0.2, 0.25) is 0 Å². The van der Waals surface area contributed by atoms with E-state index in [2.05, 4.69) is 0 Å². The molecule has 2 aromatic rings. The van der Waals surface area contributed by atoms with Crippen LogP contribution in [0.3, 0.4) is 0 Å². The first-order valence-electron chi connectivity index (χ1n) is 10.1. The molecule has 1 N–H and O–H groups in total. The van der Waals surface area contributed by atoms with E-state index in [1.165, 1.54) is 0 Å². The Hall–Kier alpha value is -2.48. The molecule has 0 bridgehead atoms. The van der Waals surface area contributed by atoms with Gasteiger partial charge in [-0.25, -0.2) is 0 Å². The number of ether oxygens (including phenoxy) is 6. The van der Waals surface area contributed by atoms with E-state index in [4.69, 9.17) is 28.4 Å². The molecule has 0 spiro atoms. The largest absolute Gasteiger partial charge is 0.493 e. The Balaban J connectivity index is 2.32. The lowest BCUT2D eigenvalue weighted by atomic mass is 9.74. The third kappa shape index (κ3) is 4.44. The number of fused-ring (bicyclic) bond motifs is 3. The second kappa shape index (κ2) is 9.77. The van der Waals surface area contributed by atoms with E-state index in [-0.39, 0.29) is 12.5 Å². The Labute approximate surface area is 183 Å². The third-order valence-electron chi connectivity index (χ3n) is 5.99. The van der Waals surface area contributed by atoms with Crippen molar-refractivity contribution in [3.05, 3.63) is 35.4 Å². The highest BCUT2D eigenvalue weighted by Gasteiger charge is 2.40. The number of aliphatic hydroxyl groups is 1. The van der Waals surface area contributed by atoms with Crippen LogP contribution >= 0.6 is 0 Å². The van der Waals surface area contributed by atoms with Gasteiger partial charge in [0.15, 0.2) is 23.0 Å². The molecule has 0 heterocycles. The van der Waals surface area contributed by atoms with Gasteiger partial charge in [0.05, 0.1) is 47.3 Å². The molecule has 3 rings (SSSR count). The van der Waals surface area contributed by atoms with E-state index in [0.29, 0.717) is 42.4 Å². The normalized spacial score (nSPS) is 20.2. The SMILES string of the molecule is COC[C@@H]1Cc2cc(OC)c(OC)cc2-c2cc(OC)c(OC)cc2C[C@@]1(O)COC. The number of methoxy groups -OCH3 is 6. The number of hydrogen-bond acceptors (Lipinski definition) is 7. The molecule has 7 heteroatoms. The fourth-order valence-corrected chi connectivity index (χ4v) is 4.42. The molecule has 0 radical (unpaired) electrons. The van der Waals surface area contributed by atoms with Crippen LogP contribution in [-0.4, -0.2) is 66.6 Å². The van der Waals surface area contributed by atoms with Crippen molar-refractivity contribution in [2.24, 2.45) is 5.92 Å². The summed E-state index contributed by atoms with van der Waals surface area (Å²) in [4.78, 5) is 0. The molecule has 7 nitrogen and oxygen atoms in total. The second-order valence-corrected chi connectivity index (χ2v) is 7.80. The molecular weight excluding hydrogens is 400 g/mol. The van der Waals surface area contributed by atoms with E-state index in [9.17, 15) is 5.11 Å². The molecule has 0 aliphatic heterocycles. The summed E-state index contributed by atoms with van der Waals surface area (Å²) in [6, 6.07) is 7.81. The predicted octanol–water partition coefficient (Wildman–Crippen LogP) is 3.13. The van der Waals surface area contributed by atoms with Crippen LogP contribution in [0.4, 0.5) is 0 Å². The zero-order valence-corrected chi connectivity index (χ0v) is 19.1. The maximum absolute atomic E-state index is 11.7. The van der Waals surface area contributed by atoms with E-state index in [0.717, 1.165) is 22.3 Å². The summed E-state index contributed by atoms with van der Waals surface area (Å²) in [7, 11) is 9.68. The molecule has 0 unspecified atom stereocenters. The molecule has 0 saturated heterocycles. The van der Waals surface area contributed by atoms with Crippen LogP contribution in [0.15, 0.2) is 24.3 Å². The Morgan fingerprint density at radius 1 is 0.742 bits per heavy atom. The monoisotopic (exact) mass is 432 g/mol. The zero-order valence-electron chi connectivity index (χ0n) is 19.1. The molecule has 2 aromatic carbocycles. The highest BCUT2D eigenvalue weighted by atomic mass is 16.5. The van der Waals surface area contributed by atoms with Crippen molar-refractivity contribution in [2.45, 2.75) is 18.4 Å². The van der Waals surface area contributed by atoms with Gasteiger partial charge in [0.1, 0.15) is 0 Å². The van der Waals surface area contributed by atoms with E-state index >= 15 is 0 Å². The summed E-state index contributed by atoms with van der Waals surface area (Å²) in [5.41, 5.74) is 2.74. The minimum atomic E-state index is -1.13. The second-order valence-electron chi connectivity index (χ2n) is 7.80. The lowest BCUT2D eigenvalue weighted by Gasteiger charge is -2.38. The lowest BCUT2D eigenvalue weighted by Crippen LogP contribution is -2.48. The average molecular weight is 433 g/mol. The van der Waals surface area contributed by atoms with Crippen LogP contribution in [0.1, 0.15) is 11.1 Å². The maximum Gasteiger partial charge on any atom is 0.161 e. The Kier molecular flexibility index (Phi) is 7.30. The summed E-state index contributed by atoms with van der Waals surface area (Å²) in [6.07, 6.45) is 0.954. The Morgan fingerprint density at radius 3 is 1.71 bits per heavy atom. The number of hydrogen-bond donors (Lipinski definition) is 1. The van der Waals surface area contributed by atoms with Crippen molar-refractivity contribution in [3.8, 4) is 34.1 Å². The van der Waals surface area contributed by atoms with Crippen LogP contribution in [0, 0.1) is 5.92 Å². The number of rotatable bonds is 8. The molecule has 0 saturated carbocycles. The van der Waals surface area contributed by atoms with Gasteiger partial charge in [0.2, 0.25) is 0 Å². The summed E-state index contributed by atoms with van der Waals surface area (Å²) in [5, 5.41) is 11.7. The smallest absolute Gasteiger partial charge is 0.161 e. The molecule has 0 fully saturated rings. The lowest BCUT2D eigenvalue weighted by molar-refractivity contribution is -0.0915. The molecule has 31 heavy (non-hydrogen) atoms. The third-order valence-corrected chi connectivity index (χ3v) is 5.99. The van der Waals surface area contributed by atoms with Gasteiger partial charge < -0.3 is 33.5 Å². The van der Waals surface area contributed by atoms with Gasteiger partial charge in [-0.3, -0.25) is 0 Å². The van der Waals surface area contributed by atoms with Crippen molar-refractivity contribution >= 4 is 0 Å². The van der Waals surface area contributed by atoms with Gasteiger partial charge in [0.25, 0.3) is 0 Å². The molecule has 0 amide bonds. The first kappa shape index (κ1) is 23.2. The summed E-state index contributed by atoms with van der Waals surface area (Å²) >= 11 is 0. The van der Waals surface area contributed by atoms with Crippen molar-refractivity contribution < 1.29 is 33.5 Å². The van der Waals surface area contributed by atoms with E-state index < -0.39 is 5.60 Å². The predicted molar refractivity (Wildman–Crippen MR) is 118 cm³/mol. The summed E-state index contributed by atoms with van der Waals surface area (Å²) in [5.74, 6) is 2.29. The van der Waals surface area contributed by atoms with E-state index in [1.807, 2.05) is 24.3 Å². The van der Waals surface area contributed by atoms with Gasteiger partial charge in [-0.05, 0) is 52.9 Å². The average Bonchev–Trinajstić information content (AvgIpc) is 2.77. The van der Waals surface area contributed by atoms with Crippen LogP contribution in [-0.2, 0) is 22.3 Å². The molecule has 170 valence electrons. The molecule has 1 aliphatic rings. The van der Waals surface area contributed by atoms with Crippen LogP contribution < -0.4 is 18.9 Å².